The van der Waals surface area contributed by atoms with Crippen LogP contribution in [-0.2, 0) is 21.5 Å². The lowest BCUT2D eigenvalue weighted by Crippen LogP contribution is -2.42. The SMILES string of the molecule is CC(=O)N1CCC(C(=O)NCc2c(C)cc(C(C)(C)C)cc2C)CC1. The highest BCUT2D eigenvalue weighted by molar-refractivity contribution is 5.79. The van der Waals surface area contributed by atoms with Crippen molar-refractivity contribution in [3.05, 3.63) is 34.4 Å². The molecular weight excluding hydrogens is 312 g/mol. The molecule has 0 bridgehead atoms. The Hall–Kier alpha value is -1.84. The van der Waals surface area contributed by atoms with Gasteiger partial charge in [-0.25, -0.2) is 0 Å². The van der Waals surface area contributed by atoms with E-state index in [0.717, 1.165) is 12.8 Å². The van der Waals surface area contributed by atoms with Crippen molar-refractivity contribution >= 4 is 11.8 Å². The summed E-state index contributed by atoms with van der Waals surface area (Å²) >= 11 is 0. The molecule has 0 spiro atoms. The zero-order chi connectivity index (χ0) is 18.8. The summed E-state index contributed by atoms with van der Waals surface area (Å²) in [5.41, 5.74) is 5.13. The standard InChI is InChI=1S/C21H32N2O2/c1-14-11-18(21(4,5)6)12-15(2)19(14)13-22-20(25)17-7-9-23(10-8-17)16(3)24/h11-12,17H,7-10,13H2,1-6H3,(H,22,25). The molecule has 0 aromatic heterocycles. The van der Waals surface area contributed by atoms with Gasteiger partial charge in [0.25, 0.3) is 0 Å². The van der Waals surface area contributed by atoms with Gasteiger partial charge in [0.05, 0.1) is 0 Å². The molecule has 25 heavy (non-hydrogen) atoms. The number of benzene rings is 1. The monoisotopic (exact) mass is 344 g/mol. The summed E-state index contributed by atoms with van der Waals surface area (Å²) in [6.45, 7) is 14.4. The first-order valence-electron chi connectivity index (χ1n) is 9.23. The molecule has 1 aromatic rings. The molecule has 1 N–H and O–H groups in total. The molecule has 1 aliphatic heterocycles. The summed E-state index contributed by atoms with van der Waals surface area (Å²) in [4.78, 5) is 25.7. The van der Waals surface area contributed by atoms with Crippen LogP contribution in [0.5, 0.6) is 0 Å². The van der Waals surface area contributed by atoms with Crippen LogP contribution in [0.1, 0.15) is 62.8 Å². The highest BCUT2D eigenvalue weighted by atomic mass is 16.2. The van der Waals surface area contributed by atoms with Crippen molar-refractivity contribution in [2.45, 2.75) is 66.3 Å². The summed E-state index contributed by atoms with van der Waals surface area (Å²) in [7, 11) is 0. The Balaban J connectivity index is 1.97. The van der Waals surface area contributed by atoms with Gasteiger partial charge in [0.2, 0.25) is 11.8 Å². The molecule has 2 amide bonds. The summed E-state index contributed by atoms with van der Waals surface area (Å²) < 4.78 is 0. The van der Waals surface area contributed by atoms with Gasteiger partial charge in [-0.1, -0.05) is 32.9 Å². The molecule has 2 rings (SSSR count). The molecule has 1 heterocycles. The lowest BCUT2D eigenvalue weighted by molar-refractivity contribution is -0.134. The van der Waals surface area contributed by atoms with Crippen LogP contribution in [0, 0.1) is 19.8 Å². The number of carbonyl (C=O) groups excluding carboxylic acids is 2. The van der Waals surface area contributed by atoms with Crippen LogP contribution in [0.4, 0.5) is 0 Å². The average Bonchev–Trinajstić information content (AvgIpc) is 2.52. The van der Waals surface area contributed by atoms with Crippen molar-refractivity contribution in [3.63, 3.8) is 0 Å². The van der Waals surface area contributed by atoms with Crippen LogP contribution in [-0.4, -0.2) is 29.8 Å². The maximum Gasteiger partial charge on any atom is 0.223 e. The van der Waals surface area contributed by atoms with E-state index in [-0.39, 0.29) is 23.1 Å². The first-order valence-corrected chi connectivity index (χ1v) is 9.23. The van der Waals surface area contributed by atoms with Crippen LogP contribution in [0.2, 0.25) is 0 Å². The molecule has 0 radical (unpaired) electrons. The quantitative estimate of drug-likeness (QED) is 0.913. The summed E-state index contributed by atoms with van der Waals surface area (Å²) in [5.74, 6) is 0.232. The number of hydrogen-bond donors (Lipinski definition) is 1. The Kier molecular flexibility index (Phi) is 5.91. The van der Waals surface area contributed by atoms with E-state index in [2.05, 4.69) is 52.1 Å². The van der Waals surface area contributed by atoms with Crippen LogP contribution in [0.15, 0.2) is 12.1 Å². The number of amides is 2. The second kappa shape index (κ2) is 7.59. The van der Waals surface area contributed by atoms with E-state index < -0.39 is 0 Å². The fraction of sp³-hybridized carbons (Fsp3) is 0.619. The zero-order valence-electron chi connectivity index (χ0n) is 16.5. The molecule has 1 aromatic carbocycles. The Morgan fingerprint density at radius 2 is 1.64 bits per heavy atom. The van der Waals surface area contributed by atoms with Gasteiger partial charge in [0.15, 0.2) is 0 Å². The minimum absolute atomic E-state index is 0.0186. The normalized spacial score (nSPS) is 16.0. The van der Waals surface area contributed by atoms with Crippen molar-refractivity contribution < 1.29 is 9.59 Å². The molecule has 0 saturated carbocycles. The van der Waals surface area contributed by atoms with Gasteiger partial charge >= 0.3 is 0 Å². The van der Waals surface area contributed by atoms with Gasteiger partial charge in [0, 0.05) is 32.5 Å². The fourth-order valence-corrected chi connectivity index (χ4v) is 3.48. The van der Waals surface area contributed by atoms with Gasteiger partial charge in [-0.3, -0.25) is 9.59 Å². The predicted octanol–water partition coefficient (Wildman–Crippen LogP) is 3.48. The number of piperidine rings is 1. The van der Waals surface area contributed by atoms with Gasteiger partial charge in [-0.05, 0) is 54.4 Å². The lowest BCUT2D eigenvalue weighted by atomic mass is 9.84. The van der Waals surface area contributed by atoms with Crippen LogP contribution in [0.25, 0.3) is 0 Å². The van der Waals surface area contributed by atoms with E-state index in [0.29, 0.717) is 19.6 Å². The second-order valence-electron chi connectivity index (χ2n) is 8.34. The Morgan fingerprint density at radius 3 is 2.08 bits per heavy atom. The lowest BCUT2D eigenvalue weighted by Gasteiger charge is -2.30. The van der Waals surface area contributed by atoms with Crippen LogP contribution in [0.3, 0.4) is 0 Å². The van der Waals surface area contributed by atoms with E-state index in [4.69, 9.17) is 0 Å². The maximum absolute atomic E-state index is 12.5. The third-order valence-electron chi connectivity index (χ3n) is 5.31. The number of carbonyl (C=O) groups is 2. The highest BCUT2D eigenvalue weighted by Gasteiger charge is 2.26. The molecule has 4 nitrogen and oxygen atoms in total. The van der Waals surface area contributed by atoms with E-state index in [9.17, 15) is 9.59 Å². The number of nitrogens with one attached hydrogen (secondary N) is 1. The molecule has 0 aliphatic carbocycles. The first kappa shape index (κ1) is 19.5. The van der Waals surface area contributed by atoms with Crippen molar-refractivity contribution in [3.8, 4) is 0 Å². The van der Waals surface area contributed by atoms with E-state index >= 15 is 0 Å². The average molecular weight is 344 g/mol. The summed E-state index contributed by atoms with van der Waals surface area (Å²) in [6, 6.07) is 4.47. The molecule has 0 unspecified atom stereocenters. The second-order valence-corrected chi connectivity index (χ2v) is 8.34. The van der Waals surface area contributed by atoms with Crippen LogP contribution < -0.4 is 5.32 Å². The number of hydrogen-bond acceptors (Lipinski definition) is 2. The molecule has 0 atom stereocenters. The Bertz CT molecular complexity index is 627. The Morgan fingerprint density at radius 1 is 1.12 bits per heavy atom. The third kappa shape index (κ3) is 4.83. The van der Waals surface area contributed by atoms with Gasteiger partial charge in [0.1, 0.15) is 0 Å². The summed E-state index contributed by atoms with van der Waals surface area (Å²) in [6.07, 6.45) is 1.51. The minimum atomic E-state index is 0.0186. The third-order valence-corrected chi connectivity index (χ3v) is 5.31. The van der Waals surface area contributed by atoms with E-state index in [1.54, 1.807) is 6.92 Å². The molecule has 1 fully saturated rings. The number of rotatable bonds is 3. The number of nitrogens with zero attached hydrogens (tertiary/aromatic N) is 1. The van der Waals surface area contributed by atoms with Gasteiger partial charge in [-0.15, -0.1) is 0 Å². The highest BCUT2D eigenvalue weighted by Crippen LogP contribution is 2.27. The van der Waals surface area contributed by atoms with Crippen molar-refractivity contribution in [2.75, 3.05) is 13.1 Å². The smallest absolute Gasteiger partial charge is 0.223 e. The summed E-state index contributed by atoms with van der Waals surface area (Å²) in [5, 5.41) is 3.11. The Labute approximate surface area is 152 Å². The first-order chi connectivity index (χ1) is 11.6. The zero-order valence-corrected chi connectivity index (χ0v) is 16.5. The van der Waals surface area contributed by atoms with Crippen molar-refractivity contribution in [1.82, 2.24) is 10.2 Å². The van der Waals surface area contributed by atoms with Crippen molar-refractivity contribution in [2.24, 2.45) is 5.92 Å². The molecule has 4 heteroatoms. The fourth-order valence-electron chi connectivity index (χ4n) is 3.48. The largest absolute Gasteiger partial charge is 0.352 e. The predicted molar refractivity (Wildman–Crippen MR) is 101 cm³/mol. The molecule has 138 valence electrons. The maximum atomic E-state index is 12.5. The molecule has 1 saturated heterocycles. The topological polar surface area (TPSA) is 49.4 Å². The van der Waals surface area contributed by atoms with E-state index in [1.807, 2.05) is 4.90 Å². The van der Waals surface area contributed by atoms with Crippen LogP contribution >= 0.6 is 0 Å². The van der Waals surface area contributed by atoms with Crippen molar-refractivity contribution in [1.29, 1.82) is 0 Å². The number of aryl methyl sites for hydroxylation is 2. The molecular formula is C21H32N2O2. The van der Waals surface area contributed by atoms with E-state index in [1.165, 1.54) is 22.3 Å². The minimum Gasteiger partial charge on any atom is -0.352 e. The van der Waals surface area contributed by atoms with Gasteiger partial charge in [-0.2, -0.15) is 0 Å². The molecule has 1 aliphatic rings. The number of likely N-dealkylation sites (tertiary alicyclic amines) is 1. The van der Waals surface area contributed by atoms with Gasteiger partial charge < -0.3 is 10.2 Å².